The van der Waals surface area contributed by atoms with E-state index in [2.05, 4.69) is 15.9 Å². The van der Waals surface area contributed by atoms with Gasteiger partial charge in [-0.25, -0.2) is 4.79 Å². The first-order valence-electron chi connectivity index (χ1n) is 9.82. The van der Waals surface area contributed by atoms with E-state index in [4.69, 9.17) is 9.47 Å². The van der Waals surface area contributed by atoms with Crippen LogP contribution in [0.4, 0.5) is 18.0 Å². The molecule has 0 aromatic heterocycles. The van der Waals surface area contributed by atoms with Crippen LogP contribution in [0.5, 0.6) is 5.75 Å². The van der Waals surface area contributed by atoms with Crippen molar-refractivity contribution in [2.24, 2.45) is 11.8 Å². The molecular weight excluding hydrogens is 451 g/mol. The molecule has 4 nitrogen and oxygen atoms in total. The largest absolute Gasteiger partial charge is 0.493 e. The Balaban J connectivity index is 1.78. The van der Waals surface area contributed by atoms with E-state index in [0.717, 1.165) is 25.3 Å². The number of likely N-dealkylation sites (tertiary alicyclic amines) is 1. The third kappa shape index (κ3) is 7.72. The van der Waals surface area contributed by atoms with Crippen molar-refractivity contribution in [1.29, 1.82) is 0 Å². The first-order valence-corrected chi connectivity index (χ1v) is 10.6. The monoisotopic (exact) mass is 479 g/mol. The van der Waals surface area contributed by atoms with Crippen molar-refractivity contribution in [3.8, 4) is 5.75 Å². The first kappa shape index (κ1) is 23.8. The number of hydrogen-bond donors (Lipinski definition) is 0. The van der Waals surface area contributed by atoms with Gasteiger partial charge in [-0.1, -0.05) is 22.9 Å². The van der Waals surface area contributed by atoms with Crippen molar-refractivity contribution in [3.05, 3.63) is 28.2 Å². The van der Waals surface area contributed by atoms with E-state index < -0.39 is 17.3 Å². The molecule has 1 aliphatic heterocycles. The van der Waals surface area contributed by atoms with Gasteiger partial charge in [0.05, 0.1) is 12.2 Å². The van der Waals surface area contributed by atoms with Crippen molar-refractivity contribution in [2.75, 3.05) is 19.7 Å². The SMILES string of the molecule is C[C@@H](COc1ccc(Br)c(C(F)(F)F)c1)CC1CCN(C(=O)OC(C)(C)C)CC1. The summed E-state index contributed by atoms with van der Waals surface area (Å²) < 4.78 is 50.0. The molecule has 29 heavy (non-hydrogen) atoms. The number of rotatable bonds is 5. The number of carbonyl (C=O) groups is 1. The number of amides is 1. The zero-order valence-corrected chi connectivity index (χ0v) is 18.9. The third-order valence-electron chi connectivity index (χ3n) is 4.78. The molecule has 0 unspecified atom stereocenters. The standard InChI is InChI=1S/C21H29BrF3NO3/c1-14(13-28-16-5-6-18(22)17(12-16)21(23,24)25)11-15-7-9-26(10-8-15)19(27)29-20(2,3)4/h5-6,12,14-15H,7-11,13H2,1-4H3/t14-/m1/s1. The predicted molar refractivity (Wildman–Crippen MR) is 109 cm³/mol. The molecule has 1 fully saturated rings. The van der Waals surface area contributed by atoms with E-state index in [1.165, 1.54) is 12.1 Å². The van der Waals surface area contributed by atoms with Crippen LogP contribution >= 0.6 is 15.9 Å². The van der Waals surface area contributed by atoms with Gasteiger partial charge in [-0.15, -0.1) is 0 Å². The van der Waals surface area contributed by atoms with Gasteiger partial charge in [0.1, 0.15) is 11.4 Å². The van der Waals surface area contributed by atoms with Crippen LogP contribution in [0.2, 0.25) is 0 Å². The Morgan fingerprint density at radius 1 is 1.24 bits per heavy atom. The molecule has 0 aliphatic carbocycles. The molecule has 1 aliphatic rings. The van der Waals surface area contributed by atoms with Crippen molar-refractivity contribution in [1.82, 2.24) is 4.90 Å². The molecule has 1 aromatic rings. The summed E-state index contributed by atoms with van der Waals surface area (Å²) in [6, 6.07) is 3.91. The average molecular weight is 480 g/mol. The van der Waals surface area contributed by atoms with Crippen LogP contribution in [-0.2, 0) is 10.9 Å². The van der Waals surface area contributed by atoms with E-state index in [-0.39, 0.29) is 22.2 Å². The van der Waals surface area contributed by atoms with Crippen molar-refractivity contribution in [3.63, 3.8) is 0 Å². The highest BCUT2D eigenvalue weighted by atomic mass is 79.9. The molecule has 0 radical (unpaired) electrons. The van der Waals surface area contributed by atoms with Crippen LogP contribution in [0, 0.1) is 11.8 Å². The van der Waals surface area contributed by atoms with Gasteiger partial charge in [0.25, 0.3) is 0 Å². The Hall–Kier alpha value is -1.44. The molecular formula is C21H29BrF3NO3. The number of ether oxygens (including phenoxy) is 2. The molecule has 1 atom stereocenters. The Morgan fingerprint density at radius 3 is 2.41 bits per heavy atom. The van der Waals surface area contributed by atoms with Gasteiger partial charge in [0.15, 0.2) is 0 Å². The van der Waals surface area contributed by atoms with Gasteiger partial charge < -0.3 is 14.4 Å². The summed E-state index contributed by atoms with van der Waals surface area (Å²) in [7, 11) is 0. The van der Waals surface area contributed by atoms with E-state index in [0.29, 0.717) is 25.6 Å². The minimum Gasteiger partial charge on any atom is -0.493 e. The third-order valence-corrected chi connectivity index (χ3v) is 5.47. The summed E-state index contributed by atoms with van der Waals surface area (Å²) in [4.78, 5) is 13.9. The fourth-order valence-electron chi connectivity index (χ4n) is 3.36. The van der Waals surface area contributed by atoms with E-state index in [1.54, 1.807) is 4.90 Å². The summed E-state index contributed by atoms with van der Waals surface area (Å²) in [5.74, 6) is 0.876. The lowest BCUT2D eigenvalue weighted by Crippen LogP contribution is -2.42. The highest BCUT2D eigenvalue weighted by Crippen LogP contribution is 2.37. The topological polar surface area (TPSA) is 38.8 Å². The lowest BCUT2D eigenvalue weighted by Gasteiger charge is -2.34. The highest BCUT2D eigenvalue weighted by molar-refractivity contribution is 9.10. The number of benzene rings is 1. The minimum atomic E-state index is -4.42. The van der Waals surface area contributed by atoms with Crippen LogP contribution in [0.25, 0.3) is 0 Å². The van der Waals surface area contributed by atoms with Crippen molar-refractivity contribution < 1.29 is 27.4 Å². The molecule has 164 valence electrons. The number of hydrogen-bond acceptors (Lipinski definition) is 3. The van der Waals surface area contributed by atoms with Gasteiger partial charge in [-0.3, -0.25) is 0 Å². The van der Waals surface area contributed by atoms with Crippen LogP contribution < -0.4 is 4.74 Å². The average Bonchev–Trinajstić information content (AvgIpc) is 2.59. The Kier molecular flexibility index (Phi) is 7.87. The maximum atomic E-state index is 13.0. The second-order valence-electron chi connectivity index (χ2n) is 8.70. The molecule has 1 amide bonds. The maximum absolute atomic E-state index is 13.0. The summed E-state index contributed by atoms with van der Waals surface area (Å²) in [6.45, 7) is 9.26. The van der Waals surface area contributed by atoms with E-state index >= 15 is 0 Å². The Morgan fingerprint density at radius 2 is 1.86 bits per heavy atom. The minimum absolute atomic E-state index is 0.00199. The lowest BCUT2D eigenvalue weighted by atomic mass is 9.88. The molecule has 8 heteroatoms. The fraction of sp³-hybridized carbons (Fsp3) is 0.667. The highest BCUT2D eigenvalue weighted by Gasteiger charge is 2.33. The van der Waals surface area contributed by atoms with Gasteiger partial charge >= 0.3 is 12.3 Å². The van der Waals surface area contributed by atoms with Crippen LogP contribution in [-0.4, -0.2) is 36.3 Å². The van der Waals surface area contributed by atoms with Gasteiger partial charge in [0.2, 0.25) is 0 Å². The van der Waals surface area contributed by atoms with Crippen molar-refractivity contribution >= 4 is 22.0 Å². The molecule has 0 bridgehead atoms. The molecule has 0 spiro atoms. The fourth-order valence-corrected chi connectivity index (χ4v) is 3.84. The Labute approximate surface area is 178 Å². The summed E-state index contributed by atoms with van der Waals surface area (Å²) in [5, 5.41) is 0. The van der Waals surface area contributed by atoms with Crippen molar-refractivity contribution in [2.45, 2.75) is 58.7 Å². The predicted octanol–water partition coefficient (Wildman–Crippen LogP) is 6.52. The van der Waals surface area contributed by atoms with E-state index in [1.807, 2.05) is 27.7 Å². The summed E-state index contributed by atoms with van der Waals surface area (Å²) in [5.41, 5.74) is -1.24. The number of alkyl halides is 3. The quantitative estimate of drug-likeness (QED) is 0.482. The molecule has 1 saturated heterocycles. The number of nitrogens with zero attached hydrogens (tertiary/aromatic N) is 1. The van der Waals surface area contributed by atoms with Crippen LogP contribution in [0.1, 0.15) is 52.5 Å². The molecule has 0 N–H and O–H groups in total. The summed E-state index contributed by atoms with van der Waals surface area (Å²) in [6.07, 6.45) is -2.01. The normalized spacial score (nSPS) is 17.2. The van der Waals surface area contributed by atoms with Gasteiger partial charge in [-0.05, 0) is 70.1 Å². The second kappa shape index (κ2) is 9.58. The summed E-state index contributed by atoms with van der Waals surface area (Å²) >= 11 is 2.93. The molecule has 0 saturated carbocycles. The zero-order valence-electron chi connectivity index (χ0n) is 17.3. The van der Waals surface area contributed by atoms with Crippen LogP contribution in [0.3, 0.4) is 0 Å². The first-order chi connectivity index (χ1) is 13.3. The molecule has 1 heterocycles. The number of carbonyl (C=O) groups excluding carboxylic acids is 1. The lowest BCUT2D eigenvalue weighted by molar-refractivity contribution is -0.138. The van der Waals surface area contributed by atoms with Gasteiger partial charge in [-0.2, -0.15) is 13.2 Å². The maximum Gasteiger partial charge on any atom is 0.417 e. The number of halogens is 4. The van der Waals surface area contributed by atoms with Crippen LogP contribution in [0.15, 0.2) is 22.7 Å². The number of piperidine rings is 1. The van der Waals surface area contributed by atoms with E-state index in [9.17, 15) is 18.0 Å². The Bertz CT molecular complexity index is 695. The molecule has 2 rings (SSSR count). The zero-order chi connectivity index (χ0) is 21.8. The second-order valence-corrected chi connectivity index (χ2v) is 9.56. The van der Waals surface area contributed by atoms with Gasteiger partial charge in [0, 0.05) is 17.6 Å². The smallest absolute Gasteiger partial charge is 0.417 e. The molecule has 1 aromatic carbocycles.